The van der Waals surface area contributed by atoms with Crippen molar-refractivity contribution in [3.05, 3.63) is 95.3 Å². The lowest BCUT2D eigenvalue weighted by molar-refractivity contribution is -0.276. The molecule has 0 bridgehead atoms. The summed E-state index contributed by atoms with van der Waals surface area (Å²) in [4.78, 5) is 18.9. The van der Waals surface area contributed by atoms with Crippen LogP contribution in [0.3, 0.4) is 0 Å². The number of ether oxygens (including phenoxy) is 2. The van der Waals surface area contributed by atoms with Crippen molar-refractivity contribution in [3.63, 3.8) is 0 Å². The van der Waals surface area contributed by atoms with Gasteiger partial charge in [0, 0.05) is 49.2 Å². The van der Waals surface area contributed by atoms with Crippen molar-refractivity contribution >= 4 is 11.6 Å². The van der Waals surface area contributed by atoms with Crippen LogP contribution in [0.5, 0.6) is 0 Å². The molecule has 2 aliphatic rings. The second kappa shape index (κ2) is 11.5. The Morgan fingerprint density at radius 3 is 2.65 bits per heavy atom. The maximum Gasteiger partial charge on any atom is 0.257 e. The van der Waals surface area contributed by atoms with Gasteiger partial charge in [0.15, 0.2) is 6.29 Å². The summed E-state index contributed by atoms with van der Waals surface area (Å²) in [7, 11) is 0. The molecule has 1 aromatic heterocycles. The van der Waals surface area contributed by atoms with E-state index < -0.39 is 6.29 Å². The summed E-state index contributed by atoms with van der Waals surface area (Å²) in [5.74, 6) is -0.181. The fourth-order valence-electron chi connectivity index (χ4n) is 5.02. The third-order valence-corrected chi connectivity index (χ3v) is 7.15. The van der Waals surface area contributed by atoms with E-state index in [0.29, 0.717) is 24.3 Å². The van der Waals surface area contributed by atoms with Gasteiger partial charge in [-0.3, -0.25) is 14.7 Å². The van der Waals surface area contributed by atoms with Gasteiger partial charge in [-0.25, -0.2) is 0 Å². The SMILES string of the molecule is C[C@H]1[C@@H](CN2CC[C@H](O)C2)O[C@@H](c2cccc(NC(=O)c3cccnc3)c2)O[C@H]1c1ccc(CO)cc1. The second-order valence-corrected chi connectivity index (χ2v) is 9.85. The second-order valence-electron chi connectivity index (χ2n) is 9.85. The van der Waals surface area contributed by atoms with E-state index in [1.54, 1.807) is 18.3 Å². The Balaban J connectivity index is 1.38. The summed E-state index contributed by atoms with van der Waals surface area (Å²) in [5.41, 5.74) is 3.79. The molecular weight excluding hydrogens is 470 g/mol. The molecule has 0 spiro atoms. The molecule has 0 aliphatic carbocycles. The molecule has 5 rings (SSSR count). The van der Waals surface area contributed by atoms with Crippen LogP contribution < -0.4 is 5.32 Å². The standard InChI is InChI=1S/C29H33N3O5/c1-19-26(17-32-13-11-25(34)16-32)36-29(37-27(19)21-9-7-20(18-33)8-10-21)22-4-2-6-24(14-22)31-28(35)23-5-3-12-30-15-23/h2-10,12,14-15,19,25-27,29,33-34H,11,13,16-18H2,1H3,(H,31,35)/t19-,25-,26+,27+,29+/m0/s1. The Hall–Kier alpha value is -3.14. The largest absolute Gasteiger partial charge is 0.392 e. The average molecular weight is 504 g/mol. The van der Waals surface area contributed by atoms with Crippen LogP contribution in [-0.2, 0) is 16.1 Å². The minimum absolute atomic E-state index is 0.00936. The van der Waals surface area contributed by atoms with Crippen LogP contribution in [0, 0.1) is 5.92 Å². The smallest absolute Gasteiger partial charge is 0.257 e. The van der Waals surface area contributed by atoms with Crippen LogP contribution in [0.4, 0.5) is 5.69 Å². The van der Waals surface area contributed by atoms with Gasteiger partial charge in [-0.2, -0.15) is 0 Å². The fraction of sp³-hybridized carbons (Fsp3) is 0.379. The molecule has 2 saturated heterocycles. The molecule has 2 aromatic carbocycles. The summed E-state index contributed by atoms with van der Waals surface area (Å²) < 4.78 is 13.0. The molecule has 0 radical (unpaired) electrons. The van der Waals surface area contributed by atoms with Crippen molar-refractivity contribution in [1.82, 2.24) is 9.88 Å². The van der Waals surface area contributed by atoms with Crippen molar-refractivity contribution in [2.24, 2.45) is 5.92 Å². The Labute approximate surface area is 216 Å². The van der Waals surface area contributed by atoms with Gasteiger partial charge >= 0.3 is 0 Å². The number of benzene rings is 2. The first-order valence-electron chi connectivity index (χ1n) is 12.7. The van der Waals surface area contributed by atoms with Crippen LogP contribution in [0.15, 0.2) is 73.1 Å². The lowest BCUT2D eigenvalue weighted by Gasteiger charge is -2.42. The highest BCUT2D eigenvalue weighted by atomic mass is 16.7. The summed E-state index contributed by atoms with van der Waals surface area (Å²) in [6, 6.07) is 18.8. The molecule has 37 heavy (non-hydrogen) atoms. The van der Waals surface area contributed by atoms with Crippen molar-refractivity contribution in [3.8, 4) is 0 Å². The summed E-state index contributed by atoms with van der Waals surface area (Å²) in [5, 5.41) is 22.4. The molecule has 3 aromatic rings. The zero-order valence-electron chi connectivity index (χ0n) is 20.9. The number of likely N-dealkylation sites (tertiary alicyclic amines) is 1. The van der Waals surface area contributed by atoms with E-state index in [0.717, 1.165) is 29.7 Å². The average Bonchev–Trinajstić information content (AvgIpc) is 3.35. The minimum Gasteiger partial charge on any atom is -0.392 e. The van der Waals surface area contributed by atoms with Gasteiger partial charge in [-0.1, -0.05) is 43.3 Å². The highest BCUT2D eigenvalue weighted by molar-refractivity contribution is 6.04. The number of aromatic nitrogens is 1. The van der Waals surface area contributed by atoms with Crippen LogP contribution in [-0.4, -0.2) is 57.8 Å². The Bertz CT molecular complexity index is 1190. The molecule has 8 heteroatoms. The number of carbonyl (C=O) groups excluding carboxylic acids is 1. The molecular formula is C29H33N3O5. The molecule has 8 nitrogen and oxygen atoms in total. The number of pyridine rings is 1. The van der Waals surface area contributed by atoms with Crippen LogP contribution in [0.2, 0.25) is 0 Å². The highest BCUT2D eigenvalue weighted by Gasteiger charge is 2.40. The van der Waals surface area contributed by atoms with Gasteiger partial charge in [0.2, 0.25) is 0 Å². The number of aliphatic hydroxyl groups is 2. The van der Waals surface area contributed by atoms with E-state index in [9.17, 15) is 15.0 Å². The van der Waals surface area contributed by atoms with E-state index in [4.69, 9.17) is 9.47 Å². The zero-order chi connectivity index (χ0) is 25.8. The molecule has 0 unspecified atom stereocenters. The highest BCUT2D eigenvalue weighted by Crippen LogP contribution is 2.42. The molecule has 0 saturated carbocycles. The van der Waals surface area contributed by atoms with Gasteiger partial charge in [-0.05, 0) is 41.8 Å². The molecule has 2 aliphatic heterocycles. The van der Waals surface area contributed by atoms with Crippen LogP contribution in [0.25, 0.3) is 0 Å². The predicted octanol–water partition coefficient (Wildman–Crippen LogP) is 3.68. The fourth-order valence-corrected chi connectivity index (χ4v) is 5.02. The van der Waals surface area contributed by atoms with E-state index in [2.05, 4.69) is 22.1 Å². The van der Waals surface area contributed by atoms with E-state index in [1.165, 1.54) is 6.20 Å². The van der Waals surface area contributed by atoms with Gasteiger partial charge in [0.1, 0.15) is 0 Å². The van der Waals surface area contributed by atoms with Gasteiger partial charge < -0.3 is 25.0 Å². The number of amides is 1. The normalized spacial score (nSPS) is 26.2. The topological polar surface area (TPSA) is 104 Å². The number of rotatable bonds is 7. The Kier molecular flexibility index (Phi) is 7.93. The summed E-state index contributed by atoms with van der Waals surface area (Å²) in [6.45, 7) is 4.29. The zero-order valence-corrected chi connectivity index (χ0v) is 20.9. The number of aliphatic hydroxyl groups excluding tert-OH is 2. The number of hydrogen-bond donors (Lipinski definition) is 3. The van der Waals surface area contributed by atoms with Gasteiger partial charge in [-0.15, -0.1) is 0 Å². The summed E-state index contributed by atoms with van der Waals surface area (Å²) >= 11 is 0. The lowest BCUT2D eigenvalue weighted by Crippen LogP contribution is -2.44. The summed E-state index contributed by atoms with van der Waals surface area (Å²) in [6.07, 6.45) is 2.65. The third kappa shape index (κ3) is 6.06. The van der Waals surface area contributed by atoms with Gasteiger partial charge in [0.25, 0.3) is 5.91 Å². The number of β-amino-alcohol motifs (C(OH)–C–C–N with tert-alkyl or cyclic N) is 1. The lowest BCUT2D eigenvalue weighted by atomic mass is 9.90. The number of nitrogens with zero attached hydrogens (tertiary/aromatic N) is 2. The predicted molar refractivity (Wildman–Crippen MR) is 139 cm³/mol. The Morgan fingerprint density at radius 2 is 1.95 bits per heavy atom. The van der Waals surface area contributed by atoms with Crippen molar-refractivity contribution in [2.45, 2.75) is 44.6 Å². The van der Waals surface area contributed by atoms with E-state index >= 15 is 0 Å². The maximum absolute atomic E-state index is 12.6. The first-order valence-corrected chi connectivity index (χ1v) is 12.7. The minimum atomic E-state index is -0.633. The Morgan fingerprint density at radius 1 is 1.11 bits per heavy atom. The quantitative estimate of drug-likeness (QED) is 0.452. The first-order chi connectivity index (χ1) is 18.0. The first kappa shape index (κ1) is 25.5. The number of hydrogen-bond acceptors (Lipinski definition) is 7. The molecule has 194 valence electrons. The van der Waals surface area contributed by atoms with E-state index in [1.807, 2.05) is 48.5 Å². The van der Waals surface area contributed by atoms with Crippen LogP contribution in [0.1, 0.15) is 52.8 Å². The molecule has 3 heterocycles. The van der Waals surface area contributed by atoms with Crippen molar-refractivity contribution in [2.75, 3.05) is 25.0 Å². The molecule has 3 N–H and O–H groups in total. The number of carbonyl (C=O) groups is 1. The van der Waals surface area contributed by atoms with Gasteiger partial charge in [0.05, 0.1) is 30.5 Å². The maximum atomic E-state index is 12.6. The molecule has 1 amide bonds. The van der Waals surface area contributed by atoms with E-state index in [-0.39, 0.29) is 36.7 Å². The third-order valence-electron chi connectivity index (χ3n) is 7.15. The number of nitrogens with one attached hydrogen (secondary N) is 1. The van der Waals surface area contributed by atoms with Crippen LogP contribution >= 0.6 is 0 Å². The number of anilines is 1. The van der Waals surface area contributed by atoms with Crippen molar-refractivity contribution in [1.29, 1.82) is 0 Å². The molecule has 2 fully saturated rings. The monoisotopic (exact) mass is 503 g/mol. The van der Waals surface area contributed by atoms with Crippen molar-refractivity contribution < 1.29 is 24.5 Å². The molecule has 5 atom stereocenters.